The zero-order valence-corrected chi connectivity index (χ0v) is 26.9. The lowest BCUT2D eigenvalue weighted by Gasteiger charge is -2.40. The molecule has 1 saturated heterocycles. The quantitative estimate of drug-likeness (QED) is 0.243. The number of anilines is 1. The zero-order valence-electron chi connectivity index (χ0n) is 26.9. The van der Waals surface area contributed by atoms with Crippen molar-refractivity contribution in [2.45, 2.75) is 89.1 Å². The SMILES string of the molecule is CC(C)(C)OC(=O)n1ncc2nc(NC(=O)[C@H]3C[C@@H](F)CN3C(=O)C3(c4ccc(OCc5ccccc5)cc4)CCCCC3)ccc21. The number of aromatic nitrogens is 3. The normalized spacial score (nSPS) is 19.4. The second-order valence-corrected chi connectivity index (χ2v) is 13.4. The van der Waals surface area contributed by atoms with Crippen molar-refractivity contribution < 1.29 is 28.2 Å². The van der Waals surface area contributed by atoms with Gasteiger partial charge in [0.25, 0.3) is 0 Å². The number of hydrogen-bond acceptors (Lipinski definition) is 7. The highest BCUT2D eigenvalue weighted by Gasteiger charge is 2.49. The Balaban J connectivity index is 1.19. The highest BCUT2D eigenvalue weighted by atomic mass is 19.1. The smallest absolute Gasteiger partial charge is 0.435 e. The van der Waals surface area contributed by atoms with E-state index in [1.807, 2.05) is 54.6 Å². The van der Waals surface area contributed by atoms with Gasteiger partial charge in [-0.1, -0.05) is 61.7 Å². The number of likely N-dealkylation sites (tertiary alicyclic amines) is 1. The standard InChI is InChI=1S/C36H40FN5O5/c1-35(2,3)47-34(45)42-29-16-17-31(39-28(29)21-38-42)40-32(43)30-20-26(37)22-41(30)33(44)36(18-8-5-9-19-36)25-12-14-27(15-13-25)46-23-24-10-6-4-7-11-24/h4,6-7,10-17,21,26,30H,5,8-9,18-20,22-23H2,1-3H3,(H,39,40,43)/t26-,30-/m1/s1. The molecule has 11 heteroatoms. The Morgan fingerprint density at radius 1 is 0.979 bits per heavy atom. The summed E-state index contributed by atoms with van der Waals surface area (Å²) in [6.45, 7) is 5.57. The number of hydrogen-bond donors (Lipinski definition) is 1. The fourth-order valence-electron chi connectivity index (χ4n) is 6.57. The van der Waals surface area contributed by atoms with E-state index in [0.717, 1.165) is 35.1 Å². The Morgan fingerprint density at radius 3 is 2.40 bits per heavy atom. The lowest BCUT2D eigenvalue weighted by molar-refractivity contribution is -0.143. The van der Waals surface area contributed by atoms with Crippen LogP contribution < -0.4 is 10.1 Å². The molecule has 1 aliphatic heterocycles. The van der Waals surface area contributed by atoms with Crippen molar-refractivity contribution in [1.29, 1.82) is 0 Å². The molecule has 246 valence electrons. The fraction of sp³-hybridized carbons (Fsp3) is 0.417. The van der Waals surface area contributed by atoms with Gasteiger partial charge in [0.2, 0.25) is 11.8 Å². The summed E-state index contributed by atoms with van der Waals surface area (Å²) in [4.78, 5) is 46.5. The second-order valence-electron chi connectivity index (χ2n) is 13.4. The van der Waals surface area contributed by atoms with Gasteiger partial charge >= 0.3 is 6.09 Å². The van der Waals surface area contributed by atoms with Gasteiger partial charge in [0.1, 0.15) is 41.5 Å². The summed E-state index contributed by atoms with van der Waals surface area (Å²) in [7, 11) is 0. The monoisotopic (exact) mass is 641 g/mol. The molecule has 47 heavy (non-hydrogen) atoms. The number of benzene rings is 2. The van der Waals surface area contributed by atoms with Crippen molar-refractivity contribution in [2.75, 3.05) is 11.9 Å². The first-order valence-corrected chi connectivity index (χ1v) is 16.1. The van der Waals surface area contributed by atoms with Gasteiger partial charge in [-0.15, -0.1) is 0 Å². The zero-order chi connectivity index (χ0) is 33.2. The molecule has 4 aromatic rings. The van der Waals surface area contributed by atoms with Crippen LogP contribution >= 0.6 is 0 Å². The Kier molecular flexibility index (Phi) is 8.98. The first-order chi connectivity index (χ1) is 22.5. The van der Waals surface area contributed by atoms with E-state index in [4.69, 9.17) is 9.47 Å². The average Bonchev–Trinajstić information content (AvgIpc) is 3.67. The summed E-state index contributed by atoms with van der Waals surface area (Å²) in [6.07, 6.45) is 3.32. The lowest BCUT2D eigenvalue weighted by atomic mass is 9.68. The maximum absolute atomic E-state index is 15.0. The molecular formula is C36H40FN5O5. The largest absolute Gasteiger partial charge is 0.489 e. The molecule has 2 atom stereocenters. The Labute approximate surface area is 273 Å². The van der Waals surface area contributed by atoms with Crippen molar-refractivity contribution in [3.05, 3.63) is 84.1 Å². The molecule has 0 bridgehead atoms. The van der Waals surface area contributed by atoms with Crippen molar-refractivity contribution >= 4 is 34.8 Å². The Morgan fingerprint density at radius 2 is 1.70 bits per heavy atom. The number of rotatable bonds is 7. The van der Waals surface area contributed by atoms with Crippen LogP contribution in [0.1, 0.15) is 70.4 Å². The van der Waals surface area contributed by atoms with Gasteiger partial charge in [-0.2, -0.15) is 9.78 Å². The van der Waals surface area contributed by atoms with Crippen molar-refractivity contribution in [3.63, 3.8) is 0 Å². The maximum Gasteiger partial charge on any atom is 0.435 e. The number of alkyl halides is 1. The Bertz CT molecular complexity index is 1750. The van der Waals surface area contributed by atoms with Crippen LogP contribution in [0.5, 0.6) is 5.75 Å². The fourth-order valence-corrected chi connectivity index (χ4v) is 6.57. The summed E-state index contributed by atoms with van der Waals surface area (Å²) in [5.74, 6) is 0.164. The summed E-state index contributed by atoms with van der Waals surface area (Å²) >= 11 is 0. The summed E-state index contributed by atoms with van der Waals surface area (Å²) in [5.41, 5.74) is 1.13. The summed E-state index contributed by atoms with van der Waals surface area (Å²) in [5, 5.41) is 6.86. The van der Waals surface area contributed by atoms with Crippen LogP contribution in [0.4, 0.5) is 15.0 Å². The predicted octanol–water partition coefficient (Wildman–Crippen LogP) is 6.57. The van der Waals surface area contributed by atoms with Crippen LogP contribution in [0, 0.1) is 0 Å². The van der Waals surface area contributed by atoms with Crippen molar-refractivity contribution in [1.82, 2.24) is 19.7 Å². The van der Waals surface area contributed by atoms with Gasteiger partial charge in [-0.25, -0.2) is 14.2 Å². The van der Waals surface area contributed by atoms with Gasteiger partial charge in [0.15, 0.2) is 0 Å². The van der Waals surface area contributed by atoms with Crippen LogP contribution in [0.15, 0.2) is 72.9 Å². The third-order valence-corrected chi connectivity index (χ3v) is 8.83. The third kappa shape index (κ3) is 6.99. The number of amides is 2. The van der Waals surface area contributed by atoms with Gasteiger partial charge in [-0.3, -0.25) is 9.59 Å². The minimum absolute atomic E-state index is 0.0985. The third-order valence-electron chi connectivity index (χ3n) is 8.83. The highest BCUT2D eigenvalue weighted by Crippen LogP contribution is 2.43. The molecule has 0 spiro atoms. The number of pyridine rings is 1. The Hall–Kier alpha value is -4.80. The van der Waals surface area contributed by atoms with E-state index in [1.165, 1.54) is 11.1 Å². The molecule has 2 aromatic carbocycles. The van der Waals surface area contributed by atoms with E-state index in [1.54, 1.807) is 32.9 Å². The minimum Gasteiger partial charge on any atom is -0.489 e. The van der Waals surface area contributed by atoms with Crippen molar-refractivity contribution in [3.8, 4) is 5.75 Å². The highest BCUT2D eigenvalue weighted by molar-refractivity contribution is 6.00. The van der Waals surface area contributed by atoms with Crippen LogP contribution in [0.25, 0.3) is 11.0 Å². The number of carbonyl (C=O) groups is 3. The molecule has 2 fully saturated rings. The molecule has 3 heterocycles. The number of carbonyl (C=O) groups excluding carboxylic acids is 3. The van der Waals surface area contributed by atoms with Gasteiger partial charge in [-0.05, 0) is 69.0 Å². The molecule has 1 saturated carbocycles. The summed E-state index contributed by atoms with van der Waals surface area (Å²) < 4.78 is 27.5. The molecule has 2 aromatic heterocycles. The molecule has 2 amide bonds. The molecule has 2 aliphatic rings. The number of nitrogens with one attached hydrogen (secondary N) is 1. The maximum atomic E-state index is 15.0. The van der Waals surface area contributed by atoms with Crippen LogP contribution in [0.3, 0.4) is 0 Å². The minimum atomic E-state index is -1.33. The first kappa shape index (κ1) is 32.2. The van der Waals surface area contributed by atoms with Crippen molar-refractivity contribution in [2.24, 2.45) is 0 Å². The van der Waals surface area contributed by atoms with E-state index in [-0.39, 0.29) is 24.7 Å². The number of halogens is 1. The average molecular weight is 642 g/mol. The number of nitrogens with zero attached hydrogens (tertiary/aromatic N) is 4. The summed E-state index contributed by atoms with van der Waals surface area (Å²) in [6, 6.07) is 19.7. The van der Waals surface area contributed by atoms with Gasteiger partial charge < -0.3 is 19.7 Å². The number of ether oxygens (including phenoxy) is 2. The van der Waals surface area contributed by atoms with E-state index in [0.29, 0.717) is 36.2 Å². The van der Waals surface area contributed by atoms with Gasteiger partial charge in [0.05, 0.1) is 23.7 Å². The first-order valence-electron chi connectivity index (χ1n) is 16.1. The van der Waals surface area contributed by atoms with E-state index in [9.17, 15) is 18.8 Å². The topological polar surface area (TPSA) is 116 Å². The molecule has 6 rings (SSSR count). The van der Waals surface area contributed by atoms with Crippen LogP contribution in [-0.4, -0.2) is 61.9 Å². The number of fused-ring (bicyclic) bond motifs is 1. The second kappa shape index (κ2) is 13.1. The predicted molar refractivity (Wildman–Crippen MR) is 175 cm³/mol. The van der Waals surface area contributed by atoms with Gasteiger partial charge in [0, 0.05) is 6.42 Å². The molecule has 0 unspecified atom stereocenters. The van der Waals surface area contributed by atoms with Crippen LogP contribution in [0.2, 0.25) is 0 Å². The van der Waals surface area contributed by atoms with E-state index in [2.05, 4.69) is 15.4 Å². The molecule has 1 aliphatic carbocycles. The molecule has 1 N–H and O–H groups in total. The molecular weight excluding hydrogens is 601 g/mol. The lowest BCUT2D eigenvalue weighted by Crippen LogP contribution is -2.52. The van der Waals surface area contributed by atoms with E-state index >= 15 is 0 Å². The molecule has 0 radical (unpaired) electrons. The molecule has 10 nitrogen and oxygen atoms in total. The van der Waals surface area contributed by atoms with E-state index < -0.39 is 35.2 Å². The van der Waals surface area contributed by atoms with Crippen LogP contribution in [-0.2, 0) is 26.3 Å².